The van der Waals surface area contributed by atoms with Gasteiger partial charge in [-0.15, -0.1) is 0 Å². The number of ether oxygens (including phenoxy) is 1. The van der Waals surface area contributed by atoms with Crippen molar-refractivity contribution >= 4 is 34.2 Å². The monoisotopic (exact) mass is 418 g/mol. The number of amides is 1. The summed E-state index contributed by atoms with van der Waals surface area (Å²) in [5.74, 6) is -0.268. The second-order valence-corrected chi connectivity index (χ2v) is 7.41. The highest BCUT2D eigenvalue weighted by Gasteiger charge is 2.17. The molecule has 0 spiro atoms. The van der Waals surface area contributed by atoms with Crippen molar-refractivity contribution in [1.29, 1.82) is 0 Å². The van der Waals surface area contributed by atoms with Crippen molar-refractivity contribution in [1.82, 2.24) is 0 Å². The zero-order chi connectivity index (χ0) is 20.3. The molecule has 0 aliphatic rings. The first-order valence-electron chi connectivity index (χ1n) is 8.14. The summed E-state index contributed by atoms with van der Waals surface area (Å²) in [4.78, 5) is 13.2. The van der Waals surface area contributed by atoms with Gasteiger partial charge in [-0.2, -0.15) is 0 Å². The van der Waals surface area contributed by atoms with E-state index in [4.69, 9.17) is 21.5 Å². The summed E-state index contributed by atoms with van der Waals surface area (Å²) in [6.07, 6.45) is 0. The van der Waals surface area contributed by atoms with Crippen LogP contribution in [-0.2, 0) is 11.0 Å². The van der Waals surface area contributed by atoms with Crippen LogP contribution < -0.4 is 15.2 Å². The van der Waals surface area contributed by atoms with E-state index in [0.717, 1.165) is 0 Å². The van der Waals surface area contributed by atoms with Gasteiger partial charge in [-0.3, -0.25) is 4.79 Å². The molecule has 0 saturated heterocycles. The number of carbonyl (C=O) groups is 1. The first kappa shape index (κ1) is 20.0. The Balaban J connectivity index is 1.92. The fourth-order valence-corrected chi connectivity index (χ4v) is 3.06. The van der Waals surface area contributed by atoms with Gasteiger partial charge in [-0.1, -0.05) is 17.7 Å². The fourth-order valence-electron chi connectivity index (χ4n) is 2.45. The minimum absolute atomic E-state index is 0.221. The normalized spacial score (nSPS) is 11.7. The van der Waals surface area contributed by atoms with Crippen LogP contribution >= 0.6 is 11.6 Å². The highest BCUT2D eigenvalue weighted by Crippen LogP contribution is 2.31. The van der Waals surface area contributed by atoms with Gasteiger partial charge in [0.25, 0.3) is 5.91 Å². The predicted molar refractivity (Wildman–Crippen MR) is 108 cm³/mol. The van der Waals surface area contributed by atoms with Gasteiger partial charge >= 0.3 is 0 Å². The van der Waals surface area contributed by atoms with Crippen LogP contribution in [0.2, 0.25) is 5.02 Å². The van der Waals surface area contributed by atoms with Crippen LogP contribution in [0.3, 0.4) is 0 Å². The molecule has 3 N–H and O–H groups in total. The quantitative estimate of drug-likeness (QED) is 0.623. The minimum Gasteiger partial charge on any atom is -0.456 e. The van der Waals surface area contributed by atoms with Crippen LogP contribution in [-0.4, -0.2) is 10.1 Å². The van der Waals surface area contributed by atoms with Crippen LogP contribution in [0.25, 0.3) is 0 Å². The van der Waals surface area contributed by atoms with Crippen LogP contribution in [0.5, 0.6) is 11.5 Å². The average molecular weight is 419 g/mol. The van der Waals surface area contributed by atoms with Gasteiger partial charge in [-0.05, 0) is 61.0 Å². The topological polar surface area (TPSA) is 81.4 Å². The lowest BCUT2D eigenvalue weighted by Crippen LogP contribution is -2.14. The summed E-state index contributed by atoms with van der Waals surface area (Å²) in [6.45, 7) is 1.76. The SMILES string of the molecule is Cc1cc(C(=O)Nc2cccc(S(N)=O)c2)c(Oc2ccc(F)cc2)cc1Cl. The van der Waals surface area contributed by atoms with Crippen molar-refractivity contribution in [3.63, 3.8) is 0 Å². The van der Waals surface area contributed by atoms with Gasteiger partial charge in [-0.25, -0.2) is 13.7 Å². The molecule has 1 atom stereocenters. The molecule has 1 amide bonds. The molecule has 0 aliphatic carbocycles. The minimum atomic E-state index is -1.66. The van der Waals surface area contributed by atoms with E-state index in [1.54, 1.807) is 31.2 Å². The summed E-state index contributed by atoms with van der Waals surface area (Å²) in [5, 5.41) is 8.53. The van der Waals surface area contributed by atoms with Crippen LogP contribution in [0.4, 0.5) is 10.1 Å². The number of hydrogen-bond acceptors (Lipinski definition) is 3. The summed E-state index contributed by atoms with van der Waals surface area (Å²) < 4.78 is 30.3. The van der Waals surface area contributed by atoms with Gasteiger partial charge in [0, 0.05) is 16.8 Å². The first-order chi connectivity index (χ1) is 13.3. The van der Waals surface area contributed by atoms with E-state index >= 15 is 0 Å². The molecule has 0 radical (unpaired) electrons. The van der Waals surface area contributed by atoms with Gasteiger partial charge in [0.05, 0.1) is 10.5 Å². The molecule has 0 aromatic heterocycles. The molecular weight excluding hydrogens is 403 g/mol. The van der Waals surface area contributed by atoms with E-state index in [1.165, 1.54) is 36.4 Å². The molecule has 3 aromatic carbocycles. The lowest BCUT2D eigenvalue weighted by molar-refractivity contribution is 0.102. The highest BCUT2D eigenvalue weighted by molar-refractivity contribution is 7.82. The molecule has 5 nitrogen and oxygen atoms in total. The van der Waals surface area contributed by atoms with Crippen molar-refractivity contribution in [2.45, 2.75) is 11.8 Å². The van der Waals surface area contributed by atoms with Crippen molar-refractivity contribution in [2.24, 2.45) is 5.14 Å². The molecule has 0 aliphatic heterocycles. The predicted octanol–water partition coefficient (Wildman–Crippen LogP) is 4.81. The Morgan fingerprint density at radius 2 is 1.86 bits per heavy atom. The zero-order valence-electron chi connectivity index (χ0n) is 14.7. The summed E-state index contributed by atoms with van der Waals surface area (Å²) in [6, 6.07) is 14.9. The number of nitrogens with two attached hydrogens (primary N) is 1. The zero-order valence-corrected chi connectivity index (χ0v) is 16.3. The molecule has 8 heteroatoms. The van der Waals surface area contributed by atoms with Gasteiger partial charge in [0.2, 0.25) is 0 Å². The van der Waals surface area contributed by atoms with Crippen molar-refractivity contribution in [2.75, 3.05) is 5.32 Å². The number of rotatable bonds is 5. The molecular formula is C20H16ClFN2O3S. The Labute approximate surface area is 168 Å². The molecule has 28 heavy (non-hydrogen) atoms. The first-order valence-corrected chi connectivity index (χ1v) is 9.74. The van der Waals surface area contributed by atoms with Gasteiger partial charge < -0.3 is 10.1 Å². The number of hydrogen-bond donors (Lipinski definition) is 2. The molecule has 0 fully saturated rings. The van der Waals surface area contributed by atoms with Crippen LogP contribution in [0, 0.1) is 12.7 Å². The Morgan fingerprint density at radius 1 is 1.14 bits per heavy atom. The second kappa shape index (κ2) is 8.52. The van der Waals surface area contributed by atoms with Crippen molar-refractivity contribution < 1.29 is 18.1 Å². The van der Waals surface area contributed by atoms with Gasteiger partial charge in [0.15, 0.2) is 0 Å². The maximum Gasteiger partial charge on any atom is 0.259 e. The Morgan fingerprint density at radius 3 is 2.54 bits per heavy atom. The highest BCUT2D eigenvalue weighted by atomic mass is 35.5. The molecule has 1 unspecified atom stereocenters. The number of carbonyl (C=O) groups excluding carboxylic acids is 1. The Hall–Kier alpha value is -2.74. The summed E-state index contributed by atoms with van der Waals surface area (Å²) >= 11 is 6.18. The number of halogens is 2. The molecule has 3 aromatic rings. The van der Waals surface area contributed by atoms with Crippen LogP contribution in [0.15, 0.2) is 65.6 Å². The third-order valence-corrected chi connectivity index (χ3v) is 5.00. The van der Waals surface area contributed by atoms with Crippen LogP contribution in [0.1, 0.15) is 15.9 Å². The Kier molecular flexibility index (Phi) is 6.08. The smallest absolute Gasteiger partial charge is 0.259 e. The number of benzene rings is 3. The molecule has 0 saturated carbocycles. The Bertz CT molecular complexity index is 1060. The molecule has 3 rings (SSSR count). The van der Waals surface area contributed by atoms with Crippen molar-refractivity contribution in [3.05, 3.63) is 82.6 Å². The summed E-state index contributed by atoms with van der Waals surface area (Å²) in [5.41, 5.74) is 1.36. The summed E-state index contributed by atoms with van der Waals surface area (Å²) in [7, 11) is -1.66. The average Bonchev–Trinajstić information content (AvgIpc) is 2.66. The third kappa shape index (κ3) is 4.75. The van der Waals surface area contributed by atoms with Crippen molar-refractivity contribution in [3.8, 4) is 11.5 Å². The largest absolute Gasteiger partial charge is 0.456 e. The van der Waals surface area contributed by atoms with E-state index in [9.17, 15) is 13.4 Å². The number of anilines is 1. The molecule has 144 valence electrons. The van der Waals surface area contributed by atoms with E-state index < -0.39 is 22.7 Å². The maximum absolute atomic E-state index is 13.1. The maximum atomic E-state index is 13.1. The lowest BCUT2D eigenvalue weighted by atomic mass is 10.1. The second-order valence-electron chi connectivity index (χ2n) is 5.93. The lowest BCUT2D eigenvalue weighted by Gasteiger charge is -2.14. The molecule has 0 bridgehead atoms. The van der Waals surface area contributed by atoms with E-state index in [1.807, 2.05) is 0 Å². The third-order valence-electron chi connectivity index (χ3n) is 3.87. The molecule has 0 heterocycles. The van der Waals surface area contributed by atoms with E-state index in [2.05, 4.69) is 5.32 Å². The number of aryl methyl sites for hydroxylation is 1. The van der Waals surface area contributed by atoms with E-state index in [0.29, 0.717) is 26.9 Å². The number of nitrogens with one attached hydrogen (secondary N) is 1. The van der Waals surface area contributed by atoms with E-state index in [-0.39, 0.29) is 11.3 Å². The van der Waals surface area contributed by atoms with Gasteiger partial charge in [0.1, 0.15) is 28.3 Å². The fraction of sp³-hybridized carbons (Fsp3) is 0.0500. The standard InChI is InChI=1S/C20H16ClFN2O3S/c1-12-9-17(20(25)24-14-3-2-4-16(10-14)28(23)26)19(11-18(12)21)27-15-7-5-13(22)6-8-15/h2-11H,23H2,1H3,(H,24,25).